The average Bonchev–Trinajstić information content (AvgIpc) is 2.96. The van der Waals surface area contributed by atoms with E-state index in [-0.39, 0.29) is 24.4 Å². The minimum absolute atomic E-state index is 0.107. The van der Waals surface area contributed by atoms with E-state index in [9.17, 15) is 9.59 Å². The number of β-lactam (4-membered cyclic amide) rings is 1. The molecule has 1 aliphatic heterocycles. The van der Waals surface area contributed by atoms with Crippen LogP contribution in [0.5, 0.6) is 0 Å². The molecule has 3 N–H and O–H groups in total. The van der Waals surface area contributed by atoms with Crippen LogP contribution in [0.15, 0.2) is 36.5 Å². The van der Waals surface area contributed by atoms with E-state index >= 15 is 0 Å². The number of carbonyl (C=O) groups is 2. The highest BCUT2D eigenvalue weighted by atomic mass is 32.1. The number of hydrogen-bond donors (Lipinski definition) is 2. The molecule has 0 saturated carbocycles. The van der Waals surface area contributed by atoms with Crippen LogP contribution >= 0.6 is 11.3 Å². The van der Waals surface area contributed by atoms with Crippen molar-refractivity contribution in [2.45, 2.75) is 25.5 Å². The number of amides is 1. The predicted octanol–water partition coefficient (Wildman–Crippen LogP) is 1.52. The maximum absolute atomic E-state index is 12.1. The Bertz CT molecular complexity index is 702. The highest BCUT2D eigenvalue weighted by Crippen LogP contribution is 2.25. The summed E-state index contributed by atoms with van der Waals surface area (Å²) in [6.45, 7) is 0.212. The molecule has 120 valence electrons. The quantitative estimate of drug-likeness (QED) is 0.618. The van der Waals surface area contributed by atoms with Crippen LogP contribution < -0.4 is 11.1 Å². The van der Waals surface area contributed by atoms with E-state index in [1.807, 2.05) is 30.3 Å². The third-order valence-corrected chi connectivity index (χ3v) is 4.67. The molecule has 1 fully saturated rings. The number of aryl methyl sites for hydroxylation is 1. The molecule has 0 spiro atoms. The molecular weight excluding hydrogens is 314 g/mol. The lowest BCUT2D eigenvalue weighted by atomic mass is 9.86. The molecule has 2 heterocycles. The fraction of sp³-hybridized carbons (Fsp3) is 0.312. The van der Waals surface area contributed by atoms with E-state index in [0.29, 0.717) is 18.0 Å². The first-order valence-corrected chi connectivity index (χ1v) is 8.16. The number of nitrogens with one attached hydrogen (secondary N) is 1. The third kappa shape index (κ3) is 3.68. The Hall–Kier alpha value is -2.41. The molecule has 0 radical (unpaired) electrons. The molecular formula is C16H17N3O3S. The molecule has 1 unspecified atom stereocenters. The summed E-state index contributed by atoms with van der Waals surface area (Å²) >= 11 is 1.40. The lowest BCUT2D eigenvalue weighted by molar-refractivity contribution is -0.159. The molecule has 0 aliphatic carbocycles. The van der Waals surface area contributed by atoms with Gasteiger partial charge in [0.05, 0.1) is 5.92 Å². The van der Waals surface area contributed by atoms with Crippen molar-refractivity contribution in [1.82, 2.24) is 10.3 Å². The summed E-state index contributed by atoms with van der Waals surface area (Å²) < 4.78 is 5.28. The van der Waals surface area contributed by atoms with Gasteiger partial charge in [-0.05, 0) is 18.4 Å². The zero-order valence-electron chi connectivity index (χ0n) is 12.4. The molecule has 1 aromatic heterocycles. The van der Waals surface area contributed by atoms with Crippen LogP contribution in [0.25, 0.3) is 0 Å². The van der Waals surface area contributed by atoms with Crippen molar-refractivity contribution in [2.75, 3.05) is 5.73 Å². The summed E-state index contributed by atoms with van der Waals surface area (Å²) in [5, 5.41) is 3.13. The van der Waals surface area contributed by atoms with Crippen molar-refractivity contribution in [3.8, 4) is 0 Å². The van der Waals surface area contributed by atoms with Crippen molar-refractivity contribution in [1.29, 1.82) is 0 Å². The van der Waals surface area contributed by atoms with Gasteiger partial charge in [-0.15, -0.1) is 11.3 Å². The number of nitrogens with zero attached hydrogens (tertiary/aromatic N) is 1. The third-order valence-electron chi connectivity index (χ3n) is 3.79. The minimum atomic E-state index is -0.559. The zero-order valence-corrected chi connectivity index (χ0v) is 13.2. The summed E-state index contributed by atoms with van der Waals surface area (Å²) in [5.74, 6) is -0.840. The van der Waals surface area contributed by atoms with Crippen LogP contribution in [0.4, 0.5) is 5.13 Å². The first-order valence-electron chi connectivity index (χ1n) is 7.34. The van der Waals surface area contributed by atoms with E-state index in [0.717, 1.165) is 10.4 Å². The summed E-state index contributed by atoms with van der Waals surface area (Å²) in [7, 11) is 0. The zero-order chi connectivity index (χ0) is 16.2. The Kier molecular flexibility index (Phi) is 4.57. The second kappa shape index (κ2) is 6.78. The number of nitrogen functional groups attached to an aromatic ring is 1. The molecule has 7 heteroatoms. The van der Waals surface area contributed by atoms with Gasteiger partial charge < -0.3 is 15.8 Å². The largest absolute Gasteiger partial charge is 0.459 e. The Balaban J connectivity index is 1.50. The van der Waals surface area contributed by atoms with Crippen molar-refractivity contribution < 1.29 is 14.3 Å². The highest BCUT2D eigenvalue weighted by Gasteiger charge is 2.44. The number of anilines is 1. The van der Waals surface area contributed by atoms with Gasteiger partial charge in [-0.1, -0.05) is 30.3 Å². The summed E-state index contributed by atoms with van der Waals surface area (Å²) in [6, 6.07) is 8.89. The van der Waals surface area contributed by atoms with Gasteiger partial charge in [-0.25, -0.2) is 9.78 Å². The number of benzene rings is 1. The normalized spacial score (nSPS) is 19.7. The monoisotopic (exact) mass is 331 g/mol. The van der Waals surface area contributed by atoms with Gasteiger partial charge in [-0.2, -0.15) is 0 Å². The van der Waals surface area contributed by atoms with Crippen LogP contribution in [0.2, 0.25) is 0 Å². The van der Waals surface area contributed by atoms with Crippen molar-refractivity contribution in [2.24, 2.45) is 5.92 Å². The van der Waals surface area contributed by atoms with Gasteiger partial charge in [-0.3, -0.25) is 4.79 Å². The number of rotatable bonds is 6. The van der Waals surface area contributed by atoms with E-state index in [2.05, 4.69) is 10.3 Å². The number of nitrogens with two attached hydrogens (primary N) is 1. The van der Waals surface area contributed by atoms with E-state index in [4.69, 9.17) is 10.5 Å². The molecule has 1 amide bonds. The highest BCUT2D eigenvalue weighted by molar-refractivity contribution is 7.15. The molecule has 0 bridgehead atoms. The van der Waals surface area contributed by atoms with Crippen LogP contribution in [0.3, 0.4) is 0 Å². The molecule has 1 saturated heterocycles. The molecule has 1 aliphatic rings. The fourth-order valence-corrected chi connectivity index (χ4v) is 3.19. The van der Waals surface area contributed by atoms with Gasteiger partial charge in [0.2, 0.25) is 5.91 Å². The van der Waals surface area contributed by atoms with Gasteiger partial charge in [0, 0.05) is 11.1 Å². The van der Waals surface area contributed by atoms with E-state index < -0.39 is 6.04 Å². The maximum atomic E-state index is 12.1. The topological polar surface area (TPSA) is 94.3 Å². The number of aromatic nitrogens is 1. The SMILES string of the molecule is Nc1ncc(CCC2C(=O)N[C@@H]2C(=O)OCc2ccccc2)s1. The average molecular weight is 331 g/mol. The number of carbonyl (C=O) groups excluding carboxylic acids is 2. The smallest absolute Gasteiger partial charge is 0.329 e. The molecule has 2 atom stereocenters. The van der Waals surface area contributed by atoms with Gasteiger partial charge in [0.25, 0.3) is 0 Å². The van der Waals surface area contributed by atoms with Gasteiger partial charge in [0.1, 0.15) is 12.6 Å². The number of esters is 1. The van der Waals surface area contributed by atoms with Crippen LogP contribution in [0, 0.1) is 5.92 Å². The lowest BCUT2D eigenvalue weighted by Crippen LogP contribution is -2.62. The molecule has 1 aromatic carbocycles. The lowest BCUT2D eigenvalue weighted by Gasteiger charge is -2.34. The first kappa shape index (κ1) is 15.5. The van der Waals surface area contributed by atoms with Crippen molar-refractivity contribution in [3.63, 3.8) is 0 Å². The Labute approximate surface area is 137 Å². The van der Waals surface area contributed by atoms with Crippen LogP contribution in [-0.4, -0.2) is 22.9 Å². The number of thiazole rings is 1. The van der Waals surface area contributed by atoms with E-state index in [1.54, 1.807) is 6.20 Å². The molecule has 3 rings (SSSR count). The van der Waals surface area contributed by atoms with Crippen molar-refractivity contribution in [3.05, 3.63) is 47.0 Å². The summed E-state index contributed by atoms with van der Waals surface area (Å²) in [5.41, 5.74) is 6.50. The maximum Gasteiger partial charge on any atom is 0.329 e. The Morgan fingerprint density at radius 2 is 2.13 bits per heavy atom. The Morgan fingerprint density at radius 1 is 1.35 bits per heavy atom. The number of hydrogen-bond acceptors (Lipinski definition) is 6. The van der Waals surface area contributed by atoms with Crippen LogP contribution in [0.1, 0.15) is 16.9 Å². The molecule has 6 nitrogen and oxygen atoms in total. The van der Waals surface area contributed by atoms with Crippen molar-refractivity contribution >= 4 is 28.3 Å². The minimum Gasteiger partial charge on any atom is -0.459 e. The Morgan fingerprint density at radius 3 is 2.78 bits per heavy atom. The fourth-order valence-electron chi connectivity index (χ4n) is 2.49. The molecule has 2 aromatic rings. The summed E-state index contributed by atoms with van der Waals surface area (Å²) in [6.07, 6.45) is 2.97. The van der Waals surface area contributed by atoms with Crippen LogP contribution in [-0.2, 0) is 27.4 Å². The first-order chi connectivity index (χ1) is 11.1. The van der Waals surface area contributed by atoms with Gasteiger partial charge >= 0.3 is 5.97 Å². The summed E-state index contributed by atoms with van der Waals surface area (Å²) in [4.78, 5) is 28.8. The predicted molar refractivity (Wildman–Crippen MR) is 86.5 cm³/mol. The number of ether oxygens (including phenoxy) is 1. The molecule has 23 heavy (non-hydrogen) atoms. The van der Waals surface area contributed by atoms with E-state index in [1.165, 1.54) is 11.3 Å². The standard InChI is InChI=1S/C16H17N3O3S/c17-16-18-8-11(23-16)6-7-12-13(19-14(12)20)15(21)22-9-10-4-2-1-3-5-10/h1-5,8,12-13H,6-7,9H2,(H2,17,18)(H,19,20)/t12?,13-/m0/s1. The van der Waals surface area contributed by atoms with Gasteiger partial charge in [0.15, 0.2) is 5.13 Å². The second-order valence-electron chi connectivity index (χ2n) is 5.39. The second-order valence-corrected chi connectivity index (χ2v) is 6.54.